The maximum Gasteiger partial charge on any atom is 0.409 e. The maximum absolute atomic E-state index is 14.0. The molecule has 13 nitrogen and oxygen atoms in total. The predicted octanol–water partition coefficient (Wildman–Crippen LogP) is 5.09. The Morgan fingerprint density at radius 1 is 1.00 bits per heavy atom. The number of nitrogens with one attached hydrogen (secondary N) is 3. The van der Waals surface area contributed by atoms with Crippen molar-refractivity contribution in [2.24, 2.45) is 5.92 Å². The van der Waals surface area contributed by atoms with E-state index in [1.807, 2.05) is 6.07 Å². The first kappa shape index (κ1) is 33.5. The largest absolute Gasteiger partial charge is 0.465 e. The van der Waals surface area contributed by atoms with Crippen LogP contribution < -0.4 is 25.8 Å². The summed E-state index contributed by atoms with van der Waals surface area (Å²) in [4.78, 5) is 49.8. The molecule has 0 bridgehead atoms. The van der Waals surface area contributed by atoms with Gasteiger partial charge in [0.15, 0.2) is 5.69 Å². The fraction of sp³-hybridized carbons (Fsp3) is 0.452. The van der Waals surface area contributed by atoms with Crippen LogP contribution >= 0.6 is 0 Å². The Morgan fingerprint density at radius 3 is 2.43 bits per heavy atom. The first-order valence-corrected chi connectivity index (χ1v) is 15.0. The summed E-state index contributed by atoms with van der Waals surface area (Å²) in [6.07, 6.45) is -4.52. The van der Waals surface area contributed by atoms with Crippen LogP contribution in [0.5, 0.6) is 0 Å². The summed E-state index contributed by atoms with van der Waals surface area (Å²) in [5, 5.41) is 17.5. The van der Waals surface area contributed by atoms with Crippen LogP contribution in [0.1, 0.15) is 37.7 Å². The van der Waals surface area contributed by atoms with Crippen molar-refractivity contribution in [2.45, 2.75) is 45.0 Å². The summed E-state index contributed by atoms with van der Waals surface area (Å²) in [5.74, 6) is -2.60. The van der Waals surface area contributed by atoms with E-state index in [2.05, 4.69) is 30.8 Å². The Morgan fingerprint density at radius 2 is 1.74 bits per heavy atom. The van der Waals surface area contributed by atoms with Crippen LogP contribution in [-0.2, 0) is 9.47 Å². The van der Waals surface area contributed by atoms with Crippen molar-refractivity contribution in [1.82, 2.24) is 15.3 Å². The number of benzene rings is 1. The number of carboxylic acid groups (broad SMARTS) is 1. The number of fused-ring (bicyclic) bond motifs is 1. The van der Waals surface area contributed by atoms with Gasteiger partial charge < -0.3 is 35.0 Å². The number of amides is 3. The molecule has 0 saturated carbocycles. The van der Waals surface area contributed by atoms with Gasteiger partial charge in [-0.1, -0.05) is 6.07 Å². The standard InChI is InChI=1S/C31H36F3N7O6/c1-30(2,3)47-29(45)36-20-13-19(31(32,33)34)16-41(17-20)25-6-7-35-15-24(25)38-27(42)26-23(39-28(43)44)12-18-4-5-21(14-22(18)37-26)40-8-10-46-11-9-40/h4-7,12,14-15,19-20,39H,8-11,13,16-17H2,1-3H3,(H,36,45)(H,38,42)(H,43,44)/t19-,20+/m1/s1. The lowest BCUT2D eigenvalue weighted by Crippen LogP contribution is -2.54. The lowest BCUT2D eigenvalue weighted by molar-refractivity contribution is -0.177. The molecule has 4 N–H and O–H groups in total. The third-order valence-corrected chi connectivity index (χ3v) is 7.66. The van der Waals surface area contributed by atoms with Gasteiger partial charge in [-0.05, 0) is 51.5 Å². The predicted molar refractivity (Wildman–Crippen MR) is 168 cm³/mol. The van der Waals surface area contributed by atoms with Crippen LogP contribution in [0, 0.1) is 5.92 Å². The molecule has 1 aromatic carbocycles. The van der Waals surface area contributed by atoms with E-state index >= 15 is 0 Å². The molecular formula is C31H36F3N7O6. The molecule has 0 spiro atoms. The van der Waals surface area contributed by atoms with Crippen LogP contribution in [0.4, 0.5) is 45.5 Å². The van der Waals surface area contributed by atoms with E-state index in [1.165, 1.54) is 29.4 Å². The molecule has 2 fully saturated rings. The van der Waals surface area contributed by atoms with Crippen LogP contribution in [0.2, 0.25) is 0 Å². The number of anilines is 4. The lowest BCUT2D eigenvalue weighted by atomic mass is 9.93. The number of alkyl carbamates (subject to hydrolysis) is 1. The molecule has 4 heterocycles. The SMILES string of the molecule is CC(C)(C)OC(=O)N[C@H]1C[C@@H](C(F)(F)F)CN(c2ccncc2NC(=O)c2nc3cc(N4CCOCC4)ccc3cc2NC(=O)O)C1. The Kier molecular flexibility index (Phi) is 9.60. The highest BCUT2D eigenvalue weighted by Crippen LogP contribution is 2.37. The third-order valence-electron chi connectivity index (χ3n) is 7.66. The molecule has 2 aromatic heterocycles. The molecule has 0 radical (unpaired) electrons. The number of alkyl halides is 3. The minimum atomic E-state index is -4.56. The van der Waals surface area contributed by atoms with Gasteiger partial charge in [-0.15, -0.1) is 0 Å². The number of carbonyl (C=O) groups is 3. The van der Waals surface area contributed by atoms with Crippen molar-refractivity contribution < 1.29 is 42.1 Å². The smallest absolute Gasteiger partial charge is 0.409 e. The van der Waals surface area contributed by atoms with E-state index in [-0.39, 0.29) is 35.7 Å². The molecule has 2 saturated heterocycles. The molecular weight excluding hydrogens is 623 g/mol. The van der Waals surface area contributed by atoms with E-state index in [0.717, 1.165) is 5.69 Å². The van der Waals surface area contributed by atoms with Gasteiger partial charge >= 0.3 is 18.4 Å². The van der Waals surface area contributed by atoms with E-state index in [1.54, 1.807) is 32.9 Å². The minimum Gasteiger partial charge on any atom is -0.465 e. The van der Waals surface area contributed by atoms with Crippen molar-refractivity contribution in [2.75, 3.05) is 59.8 Å². The fourth-order valence-corrected chi connectivity index (χ4v) is 5.61. The number of ether oxygens (including phenoxy) is 2. The molecule has 2 aliphatic heterocycles. The molecule has 2 atom stereocenters. The average molecular weight is 660 g/mol. The molecule has 47 heavy (non-hydrogen) atoms. The molecule has 3 aromatic rings. The number of halogens is 3. The first-order chi connectivity index (χ1) is 22.2. The van der Waals surface area contributed by atoms with Gasteiger partial charge in [0.05, 0.1) is 53.9 Å². The monoisotopic (exact) mass is 659 g/mol. The summed E-state index contributed by atoms with van der Waals surface area (Å²) in [6.45, 7) is 6.96. The number of nitrogens with zero attached hydrogens (tertiary/aromatic N) is 4. The normalized spacial score (nSPS) is 18.9. The molecule has 0 aliphatic carbocycles. The van der Waals surface area contributed by atoms with Crippen molar-refractivity contribution >= 4 is 51.7 Å². The highest BCUT2D eigenvalue weighted by Gasteiger charge is 2.45. The van der Waals surface area contributed by atoms with Crippen LogP contribution in [0.15, 0.2) is 42.7 Å². The number of hydrogen-bond donors (Lipinski definition) is 4. The quantitative estimate of drug-likeness (QED) is 0.281. The number of piperidine rings is 1. The third kappa shape index (κ3) is 8.49. The Labute approximate surface area is 268 Å². The van der Waals surface area contributed by atoms with Crippen LogP contribution in [0.25, 0.3) is 10.9 Å². The highest BCUT2D eigenvalue weighted by atomic mass is 19.4. The number of pyridine rings is 2. The molecule has 5 rings (SSSR count). The number of morpholine rings is 1. The summed E-state index contributed by atoms with van der Waals surface area (Å²) < 4.78 is 52.8. The molecule has 16 heteroatoms. The molecule has 2 aliphatic rings. The number of carbonyl (C=O) groups excluding carboxylic acids is 2. The van der Waals surface area contributed by atoms with Crippen molar-refractivity contribution in [3.8, 4) is 0 Å². The Bertz CT molecular complexity index is 1640. The Balaban J connectivity index is 1.44. The number of rotatable bonds is 6. The van der Waals surface area contributed by atoms with Gasteiger partial charge in [0, 0.05) is 43.4 Å². The lowest BCUT2D eigenvalue weighted by Gasteiger charge is -2.40. The number of aromatic nitrogens is 2. The summed E-state index contributed by atoms with van der Waals surface area (Å²) in [7, 11) is 0. The zero-order chi connectivity index (χ0) is 33.9. The fourth-order valence-electron chi connectivity index (χ4n) is 5.61. The molecule has 252 valence electrons. The maximum atomic E-state index is 14.0. The Hall–Kier alpha value is -4.86. The van der Waals surface area contributed by atoms with Gasteiger partial charge in [0.2, 0.25) is 0 Å². The number of hydrogen-bond acceptors (Lipinski definition) is 9. The van der Waals surface area contributed by atoms with E-state index in [4.69, 9.17) is 9.47 Å². The average Bonchev–Trinajstić information content (AvgIpc) is 2.99. The van der Waals surface area contributed by atoms with E-state index in [9.17, 15) is 32.7 Å². The first-order valence-electron chi connectivity index (χ1n) is 15.0. The topological polar surface area (TPSA) is 158 Å². The van der Waals surface area contributed by atoms with Crippen LogP contribution in [0.3, 0.4) is 0 Å². The second kappa shape index (κ2) is 13.5. The van der Waals surface area contributed by atoms with Crippen LogP contribution in [-0.4, -0.2) is 90.4 Å². The van der Waals surface area contributed by atoms with E-state index in [0.29, 0.717) is 37.2 Å². The molecule has 3 amide bonds. The van der Waals surface area contributed by atoms with Gasteiger partial charge in [-0.2, -0.15) is 13.2 Å². The summed E-state index contributed by atoms with van der Waals surface area (Å²) in [6, 6.07) is 7.47. The van der Waals surface area contributed by atoms with Gasteiger partial charge in [0.1, 0.15) is 5.60 Å². The molecule has 0 unspecified atom stereocenters. The van der Waals surface area contributed by atoms with Gasteiger partial charge in [-0.3, -0.25) is 15.1 Å². The second-order valence-electron chi connectivity index (χ2n) is 12.4. The summed E-state index contributed by atoms with van der Waals surface area (Å²) >= 11 is 0. The van der Waals surface area contributed by atoms with E-state index < -0.39 is 48.4 Å². The zero-order valence-electron chi connectivity index (χ0n) is 26.1. The van der Waals surface area contributed by atoms with Crippen molar-refractivity contribution in [1.29, 1.82) is 0 Å². The van der Waals surface area contributed by atoms with Crippen molar-refractivity contribution in [3.05, 3.63) is 48.4 Å². The zero-order valence-corrected chi connectivity index (χ0v) is 26.1. The minimum absolute atomic E-state index is 0.0108. The van der Waals surface area contributed by atoms with Gasteiger partial charge in [0.25, 0.3) is 5.91 Å². The van der Waals surface area contributed by atoms with Crippen molar-refractivity contribution in [3.63, 3.8) is 0 Å². The second-order valence-corrected chi connectivity index (χ2v) is 12.4. The highest BCUT2D eigenvalue weighted by molar-refractivity contribution is 6.11. The van der Waals surface area contributed by atoms with Gasteiger partial charge in [-0.25, -0.2) is 14.6 Å². The summed E-state index contributed by atoms with van der Waals surface area (Å²) in [5.41, 5.74) is 0.408.